The van der Waals surface area contributed by atoms with E-state index in [0.717, 1.165) is 10.7 Å². The number of nitrogens with zero attached hydrogens (tertiary/aromatic N) is 2. The minimum Gasteiger partial charge on any atom is -0.325 e. The van der Waals surface area contributed by atoms with E-state index in [1.807, 2.05) is 18.2 Å². The van der Waals surface area contributed by atoms with Crippen LogP contribution in [-0.4, -0.2) is 21.6 Å². The molecule has 4 nitrogen and oxygen atoms in total. The van der Waals surface area contributed by atoms with Gasteiger partial charge in [0.2, 0.25) is 5.91 Å². The van der Waals surface area contributed by atoms with Gasteiger partial charge in [0.15, 0.2) is 0 Å². The van der Waals surface area contributed by atoms with Gasteiger partial charge in [-0.05, 0) is 24.3 Å². The zero-order valence-electron chi connectivity index (χ0n) is 12.9. The number of thiazole rings is 1. The fourth-order valence-corrected chi connectivity index (χ4v) is 3.51. The number of thioether (sulfide) groups is 1. The smallest absolute Gasteiger partial charge is 0.288 e. The lowest BCUT2D eigenvalue weighted by molar-refractivity contribution is -0.115. The van der Waals surface area contributed by atoms with Gasteiger partial charge in [0.25, 0.3) is 5.76 Å². The Hall–Kier alpha value is -2.32. The lowest BCUT2D eigenvalue weighted by Crippen LogP contribution is -2.15. The molecule has 0 unspecified atom stereocenters. The average Bonchev–Trinajstić information content (AvgIpc) is 3.05. The molecule has 128 valence electrons. The Bertz CT molecular complexity index is 856. The van der Waals surface area contributed by atoms with Crippen LogP contribution in [0.5, 0.6) is 0 Å². The van der Waals surface area contributed by atoms with E-state index in [9.17, 15) is 13.6 Å². The molecule has 2 heterocycles. The van der Waals surface area contributed by atoms with Crippen LogP contribution in [0.3, 0.4) is 0 Å². The molecule has 1 amide bonds. The highest BCUT2D eigenvalue weighted by atomic mass is 32.2. The van der Waals surface area contributed by atoms with Crippen molar-refractivity contribution >= 4 is 34.7 Å². The van der Waals surface area contributed by atoms with Crippen LogP contribution in [0.15, 0.2) is 58.9 Å². The Morgan fingerprint density at radius 1 is 1.20 bits per heavy atom. The van der Waals surface area contributed by atoms with Crippen molar-refractivity contribution in [1.82, 2.24) is 9.97 Å². The third-order valence-corrected chi connectivity index (χ3v) is 4.86. The quantitative estimate of drug-likeness (QED) is 0.633. The number of carbonyl (C=O) groups excluding carboxylic acids is 1. The summed E-state index contributed by atoms with van der Waals surface area (Å²) in [5, 5.41) is 5.20. The Morgan fingerprint density at radius 3 is 2.76 bits per heavy atom. The molecule has 8 heteroatoms. The summed E-state index contributed by atoms with van der Waals surface area (Å²) in [5.74, 6) is -2.85. The maximum atomic E-state index is 12.6. The van der Waals surface area contributed by atoms with Crippen molar-refractivity contribution in [2.75, 3.05) is 5.32 Å². The van der Waals surface area contributed by atoms with Crippen LogP contribution in [0.2, 0.25) is 0 Å². The van der Waals surface area contributed by atoms with Crippen molar-refractivity contribution in [1.29, 1.82) is 0 Å². The minimum absolute atomic E-state index is 0.0665. The van der Waals surface area contributed by atoms with Crippen molar-refractivity contribution in [2.45, 2.75) is 17.1 Å². The van der Waals surface area contributed by atoms with Crippen LogP contribution in [0.25, 0.3) is 10.7 Å². The second-order valence-electron chi connectivity index (χ2n) is 4.96. The molecular formula is C17H13F2N3OS2. The van der Waals surface area contributed by atoms with E-state index in [-0.39, 0.29) is 12.3 Å². The van der Waals surface area contributed by atoms with Crippen LogP contribution in [0.4, 0.5) is 14.5 Å². The Balaban J connectivity index is 1.67. The van der Waals surface area contributed by atoms with Gasteiger partial charge in [0.1, 0.15) is 5.01 Å². The summed E-state index contributed by atoms with van der Waals surface area (Å²) >= 11 is 1.81. The van der Waals surface area contributed by atoms with Gasteiger partial charge in [-0.1, -0.05) is 30.0 Å². The summed E-state index contributed by atoms with van der Waals surface area (Å²) in [4.78, 5) is 21.2. The number of pyridine rings is 1. The van der Waals surface area contributed by atoms with Gasteiger partial charge in [0.05, 0.1) is 23.5 Å². The predicted octanol–water partition coefficient (Wildman–Crippen LogP) is 4.70. The Kier molecular flexibility index (Phi) is 5.72. The van der Waals surface area contributed by atoms with Crippen LogP contribution in [0, 0.1) is 0 Å². The maximum Gasteiger partial charge on any atom is 0.288 e. The SMILES string of the molecule is O=C(Cc1csc(-c2ccccn2)n1)Nc1ccccc1SC(F)F. The number of carbonyl (C=O) groups is 1. The normalized spacial score (nSPS) is 10.8. The molecule has 1 aromatic carbocycles. The molecule has 3 aromatic rings. The first-order valence-electron chi connectivity index (χ1n) is 7.31. The van der Waals surface area contributed by atoms with Gasteiger partial charge in [-0.3, -0.25) is 9.78 Å². The number of para-hydroxylation sites is 1. The van der Waals surface area contributed by atoms with Gasteiger partial charge in [-0.2, -0.15) is 8.78 Å². The zero-order chi connectivity index (χ0) is 17.6. The van der Waals surface area contributed by atoms with E-state index >= 15 is 0 Å². The predicted molar refractivity (Wildman–Crippen MR) is 96.0 cm³/mol. The summed E-state index contributed by atoms with van der Waals surface area (Å²) < 4.78 is 25.2. The monoisotopic (exact) mass is 377 g/mol. The average molecular weight is 377 g/mol. The molecular weight excluding hydrogens is 364 g/mol. The second kappa shape index (κ2) is 8.17. The number of benzene rings is 1. The van der Waals surface area contributed by atoms with Crippen LogP contribution >= 0.6 is 23.1 Å². The number of alkyl halides is 2. The molecule has 0 saturated heterocycles. The molecule has 2 aromatic heterocycles. The van der Waals surface area contributed by atoms with Gasteiger partial charge in [0, 0.05) is 16.5 Å². The highest BCUT2D eigenvalue weighted by molar-refractivity contribution is 7.99. The molecule has 0 bridgehead atoms. The largest absolute Gasteiger partial charge is 0.325 e. The van der Waals surface area contributed by atoms with Crippen molar-refractivity contribution in [2.24, 2.45) is 0 Å². The van der Waals surface area contributed by atoms with Crippen molar-refractivity contribution < 1.29 is 13.6 Å². The summed E-state index contributed by atoms with van der Waals surface area (Å²) in [6.07, 6.45) is 1.75. The van der Waals surface area contributed by atoms with Gasteiger partial charge in [-0.15, -0.1) is 11.3 Å². The zero-order valence-corrected chi connectivity index (χ0v) is 14.5. The molecule has 1 N–H and O–H groups in total. The molecule has 0 aliphatic carbocycles. The van der Waals surface area contributed by atoms with Crippen molar-refractivity contribution in [3.05, 3.63) is 59.7 Å². The topological polar surface area (TPSA) is 54.9 Å². The molecule has 0 spiro atoms. The second-order valence-corrected chi connectivity index (χ2v) is 6.85. The highest BCUT2D eigenvalue weighted by Crippen LogP contribution is 2.31. The molecule has 0 fully saturated rings. The van der Waals surface area contributed by atoms with E-state index in [0.29, 0.717) is 28.0 Å². The fraction of sp³-hybridized carbons (Fsp3) is 0.118. The number of hydrogen-bond acceptors (Lipinski definition) is 5. The molecule has 25 heavy (non-hydrogen) atoms. The summed E-state index contributed by atoms with van der Waals surface area (Å²) in [7, 11) is 0. The number of hydrogen-bond donors (Lipinski definition) is 1. The van der Waals surface area contributed by atoms with Gasteiger partial charge >= 0.3 is 0 Å². The minimum atomic E-state index is -2.54. The van der Waals surface area contributed by atoms with Gasteiger partial charge in [-0.25, -0.2) is 4.98 Å². The fourth-order valence-electron chi connectivity index (χ4n) is 2.12. The number of nitrogens with one attached hydrogen (secondary N) is 1. The van der Waals surface area contributed by atoms with Crippen molar-refractivity contribution in [3.8, 4) is 10.7 Å². The number of amides is 1. The lowest BCUT2D eigenvalue weighted by atomic mass is 10.3. The third-order valence-electron chi connectivity index (χ3n) is 3.15. The molecule has 0 saturated carbocycles. The van der Waals surface area contributed by atoms with E-state index in [1.54, 1.807) is 35.8 Å². The van der Waals surface area contributed by atoms with Crippen LogP contribution < -0.4 is 5.32 Å². The molecule has 0 atom stereocenters. The first-order chi connectivity index (χ1) is 12.1. The molecule has 0 radical (unpaired) electrons. The number of rotatable bonds is 6. The summed E-state index contributed by atoms with van der Waals surface area (Å²) in [5.41, 5.74) is 1.73. The first kappa shape index (κ1) is 17.5. The van der Waals surface area contributed by atoms with Crippen LogP contribution in [-0.2, 0) is 11.2 Å². The summed E-state index contributed by atoms with van der Waals surface area (Å²) in [6, 6.07) is 12.0. The standard InChI is InChI=1S/C17H13F2N3OS2/c18-17(19)25-14-7-2-1-5-12(14)22-15(23)9-11-10-24-16(21-11)13-6-3-4-8-20-13/h1-8,10,17H,9H2,(H,22,23). The van der Waals surface area contributed by atoms with E-state index in [2.05, 4.69) is 15.3 Å². The number of anilines is 1. The van der Waals surface area contributed by atoms with Crippen LogP contribution in [0.1, 0.15) is 5.69 Å². The summed E-state index contributed by atoms with van der Waals surface area (Å²) in [6.45, 7) is 0. The van der Waals surface area contributed by atoms with Gasteiger partial charge < -0.3 is 5.32 Å². The van der Waals surface area contributed by atoms with E-state index in [4.69, 9.17) is 0 Å². The first-order valence-corrected chi connectivity index (χ1v) is 9.07. The molecule has 3 rings (SSSR count). The van der Waals surface area contributed by atoms with Crippen molar-refractivity contribution in [3.63, 3.8) is 0 Å². The number of aromatic nitrogens is 2. The molecule has 0 aliphatic heterocycles. The molecule has 0 aliphatic rings. The van der Waals surface area contributed by atoms with E-state index < -0.39 is 5.76 Å². The third kappa shape index (κ3) is 4.83. The maximum absolute atomic E-state index is 12.6. The Labute approximate surface area is 151 Å². The van der Waals surface area contributed by atoms with E-state index in [1.165, 1.54) is 11.3 Å². The lowest BCUT2D eigenvalue weighted by Gasteiger charge is -2.09. The number of halogens is 2. The highest BCUT2D eigenvalue weighted by Gasteiger charge is 2.13. The Morgan fingerprint density at radius 2 is 2.00 bits per heavy atom.